The first-order chi connectivity index (χ1) is 29.1. The van der Waals surface area contributed by atoms with Crippen LogP contribution in [-0.4, -0.2) is 101 Å². The highest BCUT2D eigenvalue weighted by atomic mass is 35.5. The second-order valence-corrected chi connectivity index (χ2v) is 16.9. The van der Waals surface area contributed by atoms with Gasteiger partial charge in [0.25, 0.3) is 0 Å². The number of hydrogen-bond donors (Lipinski definition) is 3. The molecule has 14 nitrogen and oxygen atoms in total. The molecule has 4 heterocycles. The summed E-state index contributed by atoms with van der Waals surface area (Å²) >= 11 is 9.21. The minimum absolute atomic E-state index is 0.0371. The zero-order valence-corrected chi connectivity index (χ0v) is 36.7. The zero-order chi connectivity index (χ0) is 42.4. The summed E-state index contributed by atoms with van der Waals surface area (Å²) < 4.78 is 16.2. The van der Waals surface area contributed by atoms with Crippen molar-refractivity contribution < 1.29 is 23.8 Å². The van der Waals surface area contributed by atoms with Gasteiger partial charge in [-0.05, 0) is 48.7 Å². The highest BCUT2D eigenvalue weighted by Gasteiger charge is 2.28. The predicted molar refractivity (Wildman–Crippen MR) is 241 cm³/mol. The first-order valence-corrected chi connectivity index (χ1v) is 21.9. The molecule has 2 fully saturated rings. The quantitative estimate of drug-likeness (QED) is 0.111. The van der Waals surface area contributed by atoms with Crippen molar-refractivity contribution in [2.75, 3.05) is 74.1 Å². The van der Waals surface area contributed by atoms with Crippen LogP contribution in [0.25, 0.3) is 0 Å². The number of nitrogens with zero attached hydrogens (tertiary/aromatic N) is 6. The van der Waals surface area contributed by atoms with Gasteiger partial charge in [0.15, 0.2) is 11.5 Å². The molecule has 2 aliphatic rings. The average Bonchev–Trinajstić information content (AvgIpc) is 3.28. The highest BCUT2D eigenvalue weighted by Crippen LogP contribution is 2.40. The molecule has 0 spiro atoms. The molecule has 316 valence electrons. The topological polar surface area (TPSA) is 156 Å². The molecule has 5 aromatic rings. The van der Waals surface area contributed by atoms with Gasteiger partial charge in [-0.2, -0.15) is 4.98 Å². The number of halogens is 1. The standard InChI is InChI=1S/C26H31N5O4S.C17H19ClN4OS/c1-17-5-7-18(8-6-17)15-28-25(32)22-16-31(11-12-36-22)23-9-10-27-26(30-23)29-19-13-20(33-2)24(35-4)21(14-19)34-3;1-12-2-4-13(5-3-12)10-20-16(23)14-11-22(8-9-24-14)15-6-7-19-17(18)21-15/h5-10,13-14,22H,11-12,15-16H2,1-4H3,(H,28,32)(H,27,29,30);2-7,14H,8-11H2,1H3,(H,20,23). The first kappa shape index (κ1) is 44.1. The predicted octanol–water partition coefficient (Wildman–Crippen LogP) is 6.47. The minimum Gasteiger partial charge on any atom is -0.493 e. The van der Waals surface area contributed by atoms with Crippen molar-refractivity contribution in [3.63, 3.8) is 0 Å². The Morgan fingerprint density at radius 3 is 1.65 bits per heavy atom. The molecule has 2 aliphatic heterocycles. The van der Waals surface area contributed by atoms with E-state index in [1.165, 1.54) is 11.1 Å². The second-order valence-electron chi connectivity index (χ2n) is 14.0. The molecule has 2 unspecified atom stereocenters. The Morgan fingerprint density at radius 2 is 1.18 bits per heavy atom. The number of benzene rings is 3. The van der Waals surface area contributed by atoms with Crippen LogP contribution < -0.4 is 40.0 Å². The van der Waals surface area contributed by atoms with Crippen molar-refractivity contribution in [1.29, 1.82) is 0 Å². The Kier molecular flexibility index (Phi) is 16.0. The van der Waals surface area contributed by atoms with Gasteiger partial charge in [-0.25, -0.2) is 15.0 Å². The van der Waals surface area contributed by atoms with Crippen molar-refractivity contribution in [1.82, 2.24) is 30.6 Å². The van der Waals surface area contributed by atoms with E-state index in [1.807, 2.05) is 43.3 Å². The molecule has 2 atom stereocenters. The minimum atomic E-state index is -0.175. The number of anilines is 4. The molecule has 0 radical (unpaired) electrons. The number of carbonyl (C=O) groups excluding carboxylic acids is 2. The fourth-order valence-electron chi connectivity index (χ4n) is 6.42. The fourth-order valence-corrected chi connectivity index (χ4v) is 8.82. The number of nitrogens with one attached hydrogen (secondary N) is 3. The van der Waals surface area contributed by atoms with Crippen LogP contribution >= 0.6 is 35.1 Å². The summed E-state index contributed by atoms with van der Waals surface area (Å²) in [6, 6.07) is 23.6. The SMILES string of the molecule is COc1cc(Nc2nccc(N3CCSC(C(=O)NCc4ccc(C)cc4)C3)n2)cc(OC)c1OC.Cc1ccc(CNC(=O)C2CN(c3ccnc(Cl)n3)CCS2)cc1. The van der Waals surface area contributed by atoms with E-state index < -0.39 is 0 Å². The van der Waals surface area contributed by atoms with Gasteiger partial charge in [-0.3, -0.25) is 9.59 Å². The van der Waals surface area contributed by atoms with E-state index in [4.69, 9.17) is 30.8 Å². The molecule has 0 bridgehead atoms. The van der Waals surface area contributed by atoms with Gasteiger partial charge in [0.1, 0.15) is 22.1 Å². The van der Waals surface area contributed by atoms with Crippen LogP contribution in [-0.2, 0) is 22.7 Å². The maximum absolute atomic E-state index is 12.9. The summed E-state index contributed by atoms with van der Waals surface area (Å²) in [6.45, 7) is 8.01. The van der Waals surface area contributed by atoms with Crippen LogP contribution in [0.5, 0.6) is 17.2 Å². The van der Waals surface area contributed by atoms with Crippen molar-refractivity contribution in [2.24, 2.45) is 0 Å². The molecule has 2 aromatic heterocycles. The van der Waals surface area contributed by atoms with Crippen LogP contribution in [0.4, 0.5) is 23.3 Å². The zero-order valence-electron chi connectivity index (χ0n) is 34.3. The third kappa shape index (κ3) is 12.3. The van der Waals surface area contributed by atoms with Crippen molar-refractivity contribution in [3.05, 3.63) is 113 Å². The summed E-state index contributed by atoms with van der Waals surface area (Å²) in [5, 5.41) is 9.25. The molecule has 60 heavy (non-hydrogen) atoms. The summed E-state index contributed by atoms with van der Waals surface area (Å²) in [4.78, 5) is 46.7. The molecular weight excluding hydrogens is 822 g/mol. The second kappa shape index (κ2) is 21.7. The summed E-state index contributed by atoms with van der Waals surface area (Å²) in [6.07, 6.45) is 3.34. The van der Waals surface area contributed by atoms with E-state index in [0.29, 0.717) is 55.1 Å². The monoisotopic (exact) mass is 871 g/mol. The number of aromatic nitrogens is 4. The van der Waals surface area contributed by atoms with Gasteiger partial charge < -0.3 is 40.0 Å². The summed E-state index contributed by atoms with van der Waals surface area (Å²) in [5.74, 6) is 5.35. The summed E-state index contributed by atoms with van der Waals surface area (Å²) in [5.41, 5.74) is 5.31. The van der Waals surface area contributed by atoms with Gasteiger partial charge in [0, 0.05) is 81.0 Å². The molecule has 2 saturated heterocycles. The molecule has 0 aliphatic carbocycles. The maximum Gasteiger partial charge on any atom is 0.235 e. The van der Waals surface area contributed by atoms with E-state index in [0.717, 1.165) is 47.4 Å². The van der Waals surface area contributed by atoms with E-state index >= 15 is 0 Å². The lowest BCUT2D eigenvalue weighted by Gasteiger charge is -2.32. The molecule has 3 N–H and O–H groups in total. The molecule has 7 rings (SSSR count). The maximum atomic E-state index is 12.9. The van der Waals surface area contributed by atoms with E-state index in [1.54, 1.807) is 69.4 Å². The molecule has 3 aromatic carbocycles. The Hall–Kier alpha value is -5.45. The lowest BCUT2D eigenvalue weighted by molar-refractivity contribution is -0.121. The smallest absolute Gasteiger partial charge is 0.235 e. The van der Waals surface area contributed by atoms with E-state index in [-0.39, 0.29) is 27.6 Å². The van der Waals surface area contributed by atoms with Gasteiger partial charge in [-0.15, -0.1) is 23.5 Å². The van der Waals surface area contributed by atoms with Crippen LogP contribution in [0.2, 0.25) is 5.28 Å². The number of amides is 2. The number of hydrogen-bond acceptors (Lipinski definition) is 14. The largest absolute Gasteiger partial charge is 0.493 e. The van der Waals surface area contributed by atoms with Crippen molar-refractivity contribution in [2.45, 2.75) is 37.4 Å². The third-order valence-electron chi connectivity index (χ3n) is 9.71. The number of aryl methyl sites for hydroxylation is 2. The Morgan fingerprint density at radius 1 is 0.700 bits per heavy atom. The molecular formula is C43H50ClN9O5S2. The average molecular weight is 873 g/mol. The van der Waals surface area contributed by atoms with Crippen LogP contribution in [0.3, 0.4) is 0 Å². The van der Waals surface area contributed by atoms with Crippen LogP contribution in [0, 0.1) is 13.8 Å². The Balaban J connectivity index is 0.000000218. The van der Waals surface area contributed by atoms with Gasteiger partial charge in [0.05, 0.1) is 21.3 Å². The van der Waals surface area contributed by atoms with E-state index in [2.05, 4.69) is 71.9 Å². The molecule has 2 amide bonds. The Bertz CT molecular complexity index is 2180. The van der Waals surface area contributed by atoms with Crippen LogP contribution in [0.15, 0.2) is 85.2 Å². The third-order valence-corrected chi connectivity index (χ3v) is 12.3. The lowest BCUT2D eigenvalue weighted by Crippen LogP contribution is -2.45. The van der Waals surface area contributed by atoms with Crippen molar-refractivity contribution >= 4 is 70.2 Å². The number of methoxy groups -OCH3 is 3. The Labute approximate surface area is 364 Å². The molecule has 17 heteroatoms. The number of ether oxygens (including phenoxy) is 3. The number of carbonyl (C=O) groups is 2. The van der Waals surface area contributed by atoms with Gasteiger partial charge in [0.2, 0.25) is 28.8 Å². The molecule has 0 saturated carbocycles. The van der Waals surface area contributed by atoms with Crippen molar-refractivity contribution in [3.8, 4) is 17.2 Å². The normalized spacial score (nSPS) is 16.2. The number of thioether (sulfide) groups is 2. The summed E-state index contributed by atoms with van der Waals surface area (Å²) in [7, 11) is 4.70. The van der Waals surface area contributed by atoms with E-state index in [9.17, 15) is 9.59 Å². The number of rotatable bonds is 13. The van der Waals surface area contributed by atoms with Crippen LogP contribution in [0.1, 0.15) is 22.3 Å². The fraction of sp³-hybridized carbons (Fsp3) is 0.349. The van der Waals surface area contributed by atoms with Gasteiger partial charge in [-0.1, -0.05) is 59.7 Å². The van der Waals surface area contributed by atoms with Gasteiger partial charge >= 0.3 is 0 Å². The highest BCUT2D eigenvalue weighted by molar-refractivity contribution is 8.01. The first-order valence-electron chi connectivity index (χ1n) is 19.4. The lowest BCUT2D eigenvalue weighted by atomic mass is 10.1.